The topological polar surface area (TPSA) is 68.2 Å². The van der Waals surface area contributed by atoms with E-state index in [9.17, 15) is 4.79 Å². The highest BCUT2D eigenvalue weighted by atomic mass is 16.5. The van der Waals surface area contributed by atoms with E-state index in [1.807, 2.05) is 10.8 Å². The highest BCUT2D eigenvalue weighted by Crippen LogP contribution is 2.15. The van der Waals surface area contributed by atoms with Crippen molar-refractivity contribution in [3.05, 3.63) is 11.9 Å². The van der Waals surface area contributed by atoms with Crippen molar-refractivity contribution < 1.29 is 9.53 Å². The van der Waals surface area contributed by atoms with Gasteiger partial charge in [0.1, 0.15) is 5.69 Å². The number of aryl methyl sites for hydroxylation is 1. The van der Waals surface area contributed by atoms with Crippen molar-refractivity contribution in [3.8, 4) is 0 Å². The number of anilines is 1. The zero-order valence-corrected chi connectivity index (χ0v) is 11.0. The second-order valence-electron chi connectivity index (χ2n) is 5.10. The van der Waals surface area contributed by atoms with Crippen LogP contribution in [0.2, 0.25) is 0 Å². The molecular formula is C13H20N4O2. The second-order valence-corrected chi connectivity index (χ2v) is 5.10. The van der Waals surface area contributed by atoms with Crippen LogP contribution < -0.4 is 10.6 Å². The van der Waals surface area contributed by atoms with Gasteiger partial charge in [-0.3, -0.25) is 4.79 Å². The number of carbonyl (C=O) groups excluding carboxylic acids is 1. The summed E-state index contributed by atoms with van der Waals surface area (Å²) in [7, 11) is 0. The first-order chi connectivity index (χ1) is 9.33. The standard InChI is InChI=1S/C13H20N4O2/c18-12(14-6-4-10-3-1-8-19-10)11-9-17-7-2-5-15-13(17)16-11/h9-10H,1-8H2,(H,14,18)(H,15,16). The highest BCUT2D eigenvalue weighted by Gasteiger charge is 2.18. The van der Waals surface area contributed by atoms with E-state index < -0.39 is 0 Å². The van der Waals surface area contributed by atoms with Crippen molar-refractivity contribution in [1.82, 2.24) is 14.9 Å². The summed E-state index contributed by atoms with van der Waals surface area (Å²) in [5.74, 6) is 0.706. The molecule has 6 heteroatoms. The van der Waals surface area contributed by atoms with Gasteiger partial charge in [0.15, 0.2) is 0 Å². The third kappa shape index (κ3) is 2.89. The molecular weight excluding hydrogens is 244 g/mol. The molecule has 3 rings (SSSR count). The summed E-state index contributed by atoms with van der Waals surface area (Å²) >= 11 is 0. The number of fused-ring (bicyclic) bond motifs is 1. The Hall–Kier alpha value is -1.56. The van der Waals surface area contributed by atoms with Crippen LogP contribution in [-0.2, 0) is 11.3 Å². The summed E-state index contributed by atoms with van der Waals surface area (Å²) in [6.45, 7) is 3.37. The van der Waals surface area contributed by atoms with Crippen LogP contribution in [0.3, 0.4) is 0 Å². The van der Waals surface area contributed by atoms with Crippen LogP contribution in [0.4, 0.5) is 5.95 Å². The molecule has 0 aromatic carbocycles. The molecule has 2 aliphatic rings. The van der Waals surface area contributed by atoms with E-state index in [2.05, 4.69) is 15.6 Å². The summed E-state index contributed by atoms with van der Waals surface area (Å²) < 4.78 is 7.52. The van der Waals surface area contributed by atoms with Gasteiger partial charge in [-0.25, -0.2) is 4.98 Å². The van der Waals surface area contributed by atoms with Crippen LogP contribution >= 0.6 is 0 Å². The number of ether oxygens (including phenoxy) is 1. The zero-order chi connectivity index (χ0) is 13.1. The molecule has 0 saturated carbocycles. The van der Waals surface area contributed by atoms with Gasteiger partial charge in [-0.05, 0) is 25.7 Å². The fourth-order valence-electron chi connectivity index (χ4n) is 2.60. The van der Waals surface area contributed by atoms with Crippen LogP contribution in [0.25, 0.3) is 0 Å². The third-order valence-electron chi connectivity index (χ3n) is 3.64. The van der Waals surface area contributed by atoms with Gasteiger partial charge in [0.2, 0.25) is 5.95 Å². The van der Waals surface area contributed by atoms with Gasteiger partial charge in [-0.2, -0.15) is 0 Å². The van der Waals surface area contributed by atoms with Crippen molar-refractivity contribution in [3.63, 3.8) is 0 Å². The van der Waals surface area contributed by atoms with E-state index in [1.54, 1.807) is 0 Å². The first-order valence-corrected chi connectivity index (χ1v) is 7.04. The Labute approximate surface area is 112 Å². The van der Waals surface area contributed by atoms with E-state index in [-0.39, 0.29) is 5.91 Å². The molecule has 2 N–H and O–H groups in total. The number of hydrogen-bond acceptors (Lipinski definition) is 4. The van der Waals surface area contributed by atoms with Crippen LogP contribution in [-0.4, -0.2) is 41.3 Å². The smallest absolute Gasteiger partial charge is 0.271 e. The molecule has 1 fully saturated rings. The third-order valence-corrected chi connectivity index (χ3v) is 3.64. The maximum atomic E-state index is 12.0. The minimum atomic E-state index is -0.0957. The number of amides is 1. The van der Waals surface area contributed by atoms with Crippen LogP contribution in [0, 0.1) is 0 Å². The van der Waals surface area contributed by atoms with Crippen molar-refractivity contribution in [1.29, 1.82) is 0 Å². The molecule has 3 heterocycles. The normalized spacial score (nSPS) is 21.8. The number of aromatic nitrogens is 2. The minimum absolute atomic E-state index is 0.0957. The van der Waals surface area contributed by atoms with Gasteiger partial charge in [0.05, 0.1) is 6.10 Å². The average Bonchev–Trinajstić information content (AvgIpc) is 3.07. The Morgan fingerprint density at radius 2 is 2.53 bits per heavy atom. The molecule has 0 radical (unpaired) electrons. The Morgan fingerprint density at radius 1 is 1.58 bits per heavy atom. The van der Waals surface area contributed by atoms with E-state index in [1.165, 1.54) is 0 Å². The van der Waals surface area contributed by atoms with E-state index in [0.29, 0.717) is 18.3 Å². The van der Waals surface area contributed by atoms with Gasteiger partial charge in [-0.1, -0.05) is 0 Å². The average molecular weight is 264 g/mol. The predicted octanol–water partition coefficient (Wildman–Crippen LogP) is 0.998. The second kappa shape index (κ2) is 5.61. The number of nitrogens with zero attached hydrogens (tertiary/aromatic N) is 2. The van der Waals surface area contributed by atoms with Gasteiger partial charge in [0.25, 0.3) is 5.91 Å². The highest BCUT2D eigenvalue weighted by molar-refractivity contribution is 5.92. The van der Waals surface area contributed by atoms with Gasteiger partial charge >= 0.3 is 0 Å². The molecule has 1 aromatic rings. The van der Waals surface area contributed by atoms with Crippen molar-refractivity contribution in [2.24, 2.45) is 0 Å². The van der Waals surface area contributed by atoms with E-state index in [4.69, 9.17) is 4.74 Å². The summed E-state index contributed by atoms with van der Waals surface area (Å²) in [5.41, 5.74) is 0.497. The van der Waals surface area contributed by atoms with E-state index >= 15 is 0 Å². The molecule has 6 nitrogen and oxygen atoms in total. The maximum Gasteiger partial charge on any atom is 0.271 e. The fourth-order valence-corrected chi connectivity index (χ4v) is 2.60. The van der Waals surface area contributed by atoms with Crippen molar-refractivity contribution >= 4 is 11.9 Å². The molecule has 19 heavy (non-hydrogen) atoms. The number of imidazole rings is 1. The summed E-state index contributed by atoms with van der Waals surface area (Å²) in [6.07, 6.45) is 6.35. The molecule has 0 spiro atoms. The fraction of sp³-hybridized carbons (Fsp3) is 0.692. The Balaban J connectivity index is 1.50. The summed E-state index contributed by atoms with van der Waals surface area (Å²) in [4.78, 5) is 16.3. The molecule has 0 aliphatic carbocycles. The largest absolute Gasteiger partial charge is 0.378 e. The molecule has 1 unspecified atom stereocenters. The summed E-state index contributed by atoms with van der Waals surface area (Å²) in [6, 6.07) is 0. The van der Waals surface area contributed by atoms with Crippen LogP contribution in [0.1, 0.15) is 36.2 Å². The lowest BCUT2D eigenvalue weighted by Gasteiger charge is -2.14. The lowest BCUT2D eigenvalue weighted by Crippen LogP contribution is -2.27. The van der Waals surface area contributed by atoms with E-state index in [0.717, 1.165) is 51.3 Å². The predicted molar refractivity (Wildman–Crippen MR) is 71.3 cm³/mol. The van der Waals surface area contributed by atoms with Crippen LogP contribution in [0.5, 0.6) is 0 Å². The Morgan fingerprint density at radius 3 is 3.32 bits per heavy atom. The van der Waals surface area contributed by atoms with Gasteiger partial charge < -0.3 is 19.9 Å². The first-order valence-electron chi connectivity index (χ1n) is 7.04. The number of hydrogen-bond donors (Lipinski definition) is 2. The van der Waals surface area contributed by atoms with Crippen molar-refractivity contribution in [2.75, 3.05) is 25.0 Å². The molecule has 1 atom stereocenters. The lowest BCUT2D eigenvalue weighted by atomic mass is 10.2. The zero-order valence-electron chi connectivity index (χ0n) is 11.0. The Kier molecular flexibility index (Phi) is 3.68. The van der Waals surface area contributed by atoms with Crippen LogP contribution in [0.15, 0.2) is 6.20 Å². The molecule has 1 saturated heterocycles. The molecule has 2 aliphatic heterocycles. The van der Waals surface area contributed by atoms with Gasteiger partial charge in [-0.15, -0.1) is 0 Å². The molecule has 104 valence electrons. The van der Waals surface area contributed by atoms with Crippen molar-refractivity contribution in [2.45, 2.75) is 38.3 Å². The molecule has 0 bridgehead atoms. The molecule has 1 aromatic heterocycles. The summed E-state index contributed by atoms with van der Waals surface area (Å²) in [5, 5.41) is 6.10. The SMILES string of the molecule is O=C(NCCC1CCCO1)c1cn2c(n1)NCCC2. The minimum Gasteiger partial charge on any atom is -0.378 e. The first kappa shape index (κ1) is 12.5. The number of rotatable bonds is 4. The lowest BCUT2D eigenvalue weighted by molar-refractivity contribution is 0.0903. The Bertz CT molecular complexity index is 428. The number of carbonyl (C=O) groups is 1. The van der Waals surface area contributed by atoms with Gasteiger partial charge in [0, 0.05) is 32.4 Å². The maximum absolute atomic E-state index is 12.0. The quantitative estimate of drug-likeness (QED) is 0.851. The molecule has 1 amide bonds. The number of nitrogens with one attached hydrogen (secondary N) is 2. The monoisotopic (exact) mass is 264 g/mol.